The number of anilines is 5. The van der Waals surface area contributed by atoms with Gasteiger partial charge in [0.2, 0.25) is 17.8 Å². The van der Waals surface area contributed by atoms with Crippen LogP contribution in [0.3, 0.4) is 0 Å². The van der Waals surface area contributed by atoms with Crippen molar-refractivity contribution in [3.05, 3.63) is 96.1 Å². The van der Waals surface area contributed by atoms with Crippen molar-refractivity contribution in [2.75, 3.05) is 47.2 Å². The van der Waals surface area contributed by atoms with Crippen LogP contribution in [0.5, 0.6) is 11.5 Å². The van der Waals surface area contributed by atoms with E-state index >= 15 is 0 Å². The summed E-state index contributed by atoms with van der Waals surface area (Å²) in [7, 11) is -4.21. The van der Waals surface area contributed by atoms with Gasteiger partial charge in [-0.05, 0) is 87.1 Å². The number of rotatable bonds is 27. The first kappa shape index (κ1) is 58.0. The number of aliphatic carboxylic acids is 3. The van der Waals surface area contributed by atoms with Gasteiger partial charge in [0.1, 0.15) is 11.5 Å². The van der Waals surface area contributed by atoms with Crippen molar-refractivity contribution in [2.24, 2.45) is 20.5 Å². The van der Waals surface area contributed by atoms with Gasteiger partial charge in [0.15, 0.2) is 0 Å². The molecule has 5 aromatic rings. The van der Waals surface area contributed by atoms with Gasteiger partial charge in [0.25, 0.3) is 22.1 Å². The average molecular weight is 1030 g/mol. The van der Waals surface area contributed by atoms with E-state index in [1.54, 1.807) is 18.2 Å². The number of hydrogen-bond donors (Lipinski definition) is 8. The number of aromatic nitrogens is 3. The fraction of sp³-hybridized carbons (Fsp3) is 0.333. The van der Waals surface area contributed by atoms with E-state index < -0.39 is 33.8 Å². The van der Waals surface area contributed by atoms with Crippen molar-refractivity contribution in [3.63, 3.8) is 0 Å². The van der Waals surface area contributed by atoms with Crippen molar-refractivity contribution in [1.29, 1.82) is 0 Å². The molecule has 5 rings (SSSR count). The van der Waals surface area contributed by atoms with Crippen LogP contribution < -0.4 is 25.4 Å². The number of ether oxygens (including phenoxy) is 2. The molecule has 0 bridgehead atoms. The maximum atomic E-state index is 11.4. The zero-order chi connectivity index (χ0) is 52.0. The minimum atomic E-state index is -4.21. The third kappa shape index (κ3) is 25.2. The number of carboxylic acid groups (broad SMARTS) is 3. The average Bonchev–Trinajstić information content (AvgIpc) is 3.30. The first-order chi connectivity index (χ1) is 33.9. The van der Waals surface area contributed by atoms with Gasteiger partial charge in [-0.2, -0.15) is 43.8 Å². The van der Waals surface area contributed by atoms with E-state index in [1.165, 1.54) is 0 Å². The Bertz CT molecular complexity index is 2610. The van der Waals surface area contributed by atoms with Gasteiger partial charge in [-0.15, -0.1) is 4.33 Å². The van der Waals surface area contributed by atoms with E-state index in [0.717, 1.165) is 31.5 Å². The summed E-state index contributed by atoms with van der Waals surface area (Å²) in [5, 5.41) is 63.3. The summed E-state index contributed by atoms with van der Waals surface area (Å²) in [4.78, 5) is 43.0. The lowest BCUT2D eigenvalue weighted by Gasteiger charge is -2.17. The molecule has 0 aliphatic rings. The van der Waals surface area contributed by atoms with Crippen molar-refractivity contribution < 1.29 is 66.8 Å². The molecule has 0 radical (unpaired) electrons. The van der Waals surface area contributed by atoms with Gasteiger partial charge < -0.3 is 40.7 Å². The fourth-order valence-electron chi connectivity index (χ4n) is 5.58. The molecule has 1 heterocycles. The van der Waals surface area contributed by atoms with Crippen molar-refractivity contribution in [3.8, 4) is 11.5 Å². The van der Waals surface area contributed by atoms with E-state index in [0.29, 0.717) is 83.4 Å². The number of unbranched alkanes of at least 4 members (excludes halogenated alkanes) is 2. The van der Waals surface area contributed by atoms with Crippen LogP contribution in [0.15, 0.2) is 105 Å². The quantitative estimate of drug-likeness (QED) is 0.00605. The van der Waals surface area contributed by atoms with Crippen LogP contribution in [0, 0.1) is 13.8 Å². The van der Waals surface area contributed by atoms with E-state index in [-0.39, 0.29) is 49.6 Å². The smallest absolute Gasteiger partial charge is 0.303 e. The van der Waals surface area contributed by atoms with Crippen LogP contribution >= 0.6 is 12.0 Å². The lowest BCUT2D eigenvalue weighted by Crippen LogP contribution is -2.12. The van der Waals surface area contributed by atoms with Crippen molar-refractivity contribution in [1.82, 2.24) is 15.0 Å². The van der Waals surface area contributed by atoms with Gasteiger partial charge >= 0.3 is 5.97 Å². The number of benzene rings is 4. The number of hydrogen-bond acceptors (Lipinski definition) is 21. The number of carboxylic acids is 3. The van der Waals surface area contributed by atoms with Crippen LogP contribution in [0.2, 0.25) is 0 Å². The zero-order valence-electron chi connectivity index (χ0n) is 39.2. The number of azo groups is 2. The predicted octanol–water partition coefficient (Wildman–Crippen LogP) is 10.5. The number of nitrogens with one attached hydrogen (secondary N) is 3. The SMILES string of the molecule is CC(=O)O.CC(=O)O.Cc1cc(Nc2nc(NCCCCCC(=O)O)nc(Nc3cc(C)c(N=Nc4ccccc4)cc3OCCCS(=O)(=O)O)n2)c(OCCCSOOO)cc1N=Nc1ccccc1. The highest BCUT2D eigenvalue weighted by Crippen LogP contribution is 2.38. The Hall–Kier alpha value is -7.36. The number of nitrogens with zero attached hydrogens (tertiary/aromatic N) is 7. The summed E-state index contributed by atoms with van der Waals surface area (Å²) in [5.74, 6) is -1.47. The maximum absolute atomic E-state index is 11.4. The van der Waals surface area contributed by atoms with Gasteiger partial charge in [-0.3, -0.25) is 18.9 Å². The Kier molecular flexibility index (Phi) is 25.9. The Balaban J connectivity index is 0.00000154. The molecule has 71 heavy (non-hydrogen) atoms. The monoisotopic (exact) mass is 1020 g/mol. The van der Waals surface area contributed by atoms with Crippen molar-refractivity contribution in [2.45, 2.75) is 66.2 Å². The molecule has 8 N–H and O–H groups in total. The molecule has 0 amide bonds. The Morgan fingerprint density at radius 1 is 0.648 bits per heavy atom. The molecule has 1 aromatic heterocycles. The van der Waals surface area contributed by atoms with Crippen molar-refractivity contribution >= 4 is 92.0 Å². The first-order valence-corrected chi connectivity index (χ1v) is 24.1. The van der Waals surface area contributed by atoms with E-state index in [2.05, 4.69) is 60.7 Å². The molecule has 0 fully saturated rings. The molecule has 382 valence electrons. The molecule has 4 aromatic carbocycles. The first-order valence-electron chi connectivity index (χ1n) is 21.6. The van der Waals surface area contributed by atoms with Crippen LogP contribution in [0.1, 0.15) is 63.5 Å². The van der Waals surface area contributed by atoms with E-state index in [4.69, 9.17) is 39.6 Å². The third-order valence-electron chi connectivity index (χ3n) is 8.65. The molecule has 24 nitrogen and oxygen atoms in total. The van der Waals surface area contributed by atoms with Crippen LogP contribution in [0.25, 0.3) is 0 Å². The third-order valence-corrected chi connectivity index (χ3v) is 10.1. The largest absolute Gasteiger partial charge is 0.491 e. The van der Waals surface area contributed by atoms with E-state index in [1.807, 2.05) is 80.6 Å². The number of carbonyl (C=O) groups is 3. The van der Waals surface area contributed by atoms with E-state index in [9.17, 15) is 17.8 Å². The summed E-state index contributed by atoms with van der Waals surface area (Å²) in [6, 6.07) is 25.4. The van der Waals surface area contributed by atoms with Gasteiger partial charge in [0.05, 0.1) is 53.1 Å². The molecule has 0 spiro atoms. The summed E-state index contributed by atoms with van der Waals surface area (Å²) in [6.07, 6.45) is 2.43. The molecule has 0 saturated heterocycles. The second-order valence-corrected chi connectivity index (χ2v) is 17.1. The minimum Gasteiger partial charge on any atom is -0.491 e. The van der Waals surface area contributed by atoms with Crippen LogP contribution in [0.4, 0.5) is 52.0 Å². The lowest BCUT2D eigenvalue weighted by molar-refractivity contribution is -0.432. The molecular weight excluding hydrogens is 969 g/mol. The highest BCUT2D eigenvalue weighted by atomic mass is 32.2. The van der Waals surface area contributed by atoms with Gasteiger partial charge in [-0.1, -0.05) is 47.9 Å². The fourth-order valence-corrected chi connectivity index (χ4v) is 6.41. The zero-order valence-corrected chi connectivity index (χ0v) is 40.9. The Labute approximate surface area is 413 Å². The summed E-state index contributed by atoms with van der Waals surface area (Å²) < 4.78 is 48.9. The molecule has 26 heteroatoms. The summed E-state index contributed by atoms with van der Waals surface area (Å²) in [6.45, 7) is 6.50. The Morgan fingerprint density at radius 2 is 1.11 bits per heavy atom. The topological polar surface area (TPSA) is 348 Å². The summed E-state index contributed by atoms with van der Waals surface area (Å²) >= 11 is 0.911. The standard InChI is InChI=1S/C41H48N10O10S2.2C2H4O2/c1-28-24-34(36(58-20-12-22-62-61-60-54)26-32(28)50-48-30-14-6-3-7-15-30)43-40-45-39(42-19-11-5-10-18-38(52)53)46-41(47-40)44-35-25-29(2)33(51-49-31-16-8-4-9-17-31)27-37(35)59-21-13-23-63(55,56)57;2*1-2(3)4/h3-4,6-9,14-17,24-27,54H,5,10-13,18-23H2,1-2H3,(H,52,53)(H,55,56,57)(H3,42,43,44,45,46,47);2*1H3,(H,3,4). The highest BCUT2D eigenvalue weighted by Gasteiger charge is 2.17. The second-order valence-electron chi connectivity index (χ2n) is 14.7. The maximum Gasteiger partial charge on any atom is 0.303 e. The lowest BCUT2D eigenvalue weighted by atomic mass is 10.1. The summed E-state index contributed by atoms with van der Waals surface area (Å²) in [5.41, 5.74) is 4.74. The molecular formula is C45H56N10O14S2. The van der Waals surface area contributed by atoms with Gasteiger partial charge in [-0.25, -0.2) is 5.26 Å². The normalized spacial score (nSPS) is 11.0. The second kappa shape index (κ2) is 31.7. The molecule has 0 aliphatic heterocycles. The van der Waals surface area contributed by atoms with Gasteiger partial charge in [0, 0.05) is 56.7 Å². The molecule has 0 aliphatic carbocycles. The minimum absolute atomic E-state index is 0.00725. The molecule has 0 atom stereocenters. The number of aryl methyl sites for hydroxylation is 2. The van der Waals surface area contributed by atoms with Crippen LogP contribution in [-0.2, 0) is 33.9 Å². The molecule has 0 saturated carbocycles. The highest BCUT2D eigenvalue weighted by molar-refractivity contribution is 7.94. The Morgan fingerprint density at radius 3 is 1.56 bits per heavy atom. The van der Waals surface area contributed by atoms with Crippen LogP contribution in [-0.4, -0.2) is 97.7 Å². The predicted molar refractivity (Wildman–Crippen MR) is 265 cm³/mol. The molecule has 0 unspecified atom stereocenters.